The SMILES string of the molecule is O=C(O)c1ccc2c(c1)C1(CC1c1ccc(Br)cc1)C(=O)N2. The van der Waals surface area contributed by atoms with Crippen molar-refractivity contribution in [2.75, 3.05) is 5.32 Å². The molecule has 1 aliphatic carbocycles. The van der Waals surface area contributed by atoms with Crippen LogP contribution in [-0.4, -0.2) is 17.0 Å². The van der Waals surface area contributed by atoms with E-state index in [0.717, 1.165) is 27.7 Å². The summed E-state index contributed by atoms with van der Waals surface area (Å²) in [4.78, 5) is 23.7. The minimum atomic E-state index is -0.974. The Morgan fingerprint density at radius 1 is 1.23 bits per heavy atom. The fourth-order valence-electron chi connectivity index (χ4n) is 3.42. The number of aromatic carboxylic acids is 1. The Balaban J connectivity index is 1.79. The lowest BCUT2D eigenvalue weighted by atomic mass is 9.91. The van der Waals surface area contributed by atoms with Crippen molar-refractivity contribution in [3.05, 3.63) is 63.6 Å². The smallest absolute Gasteiger partial charge is 0.335 e. The number of fused-ring (bicyclic) bond motifs is 2. The molecule has 2 N–H and O–H groups in total. The third-order valence-electron chi connectivity index (χ3n) is 4.63. The van der Waals surface area contributed by atoms with E-state index in [0.29, 0.717) is 0 Å². The number of benzene rings is 2. The number of carboxylic acid groups (broad SMARTS) is 1. The van der Waals surface area contributed by atoms with Gasteiger partial charge >= 0.3 is 5.97 Å². The molecule has 4 nitrogen and oxygen atoms in total. The molecule has 1 amide bonds. The number of hydrogen-bond donors (Lipinski definition) is 2. The van der Waals surface area contributed by atoms with E-state index in [1.807, 2.05) is 24.3 Å². The molecule has 1 aliphatic heterocycles. The first kappa shape index (κ1) is 13.5. The van der Waals surface area contributed by atoms with Crippen LogP contribution < -0.4 is 5.32 Å². The van der Waals surface area contributed by atoms with Gasteiger partial charge in [0.2, 0.25) is 5.91 Å². The molecule has 110 valence electrons. The molecular weight excluding hydrogens is 346 g/mol. The molecule has 2 aromatic rings. The maximum atomic E-state index is 12.5. The number of carboxylic acids is 1. The van der Waals surface area contributed by atoms with Gasteiger partial charge in [0.05, 0.1) is 11.0 Å². The van der Waals surface area contributed by atoms with Gasteiger partial charge in [-0.25, -0.2) is 4.79 Å². The number of anilines is 1. The first-order valence-electron chi connectivity index (χ1n) is 6.97. The fourth-order valence-corrected chi connectivity index (χ4v) is 3.68. The van der Waals surface area contributed by atoms with Gasteiger partial charge in [-0.2, -0.15) is 0 Å². The van der Waals surface area contributed by atoms with Crippen molar-refractivity contribution in [3.8, 4) is 0 Å². The van der Waals surface area contributed by atoms with Crippen molar-refractivity contribution >= 4 is 33.5 Å². The Morgan fingerprint density at radius 2 is 1.95 bits per heavy atom. The predicted molar refractivity (Wildman–Crippen MR) is 85.2 cm³/mol. The topological polar surface area (TPSA) is 66.4 Å². The van der Waals surface area contributed by atoms with Crippen molar-refractivity contribution < 1.29 is 14.7 Å². The van der Waals surface area contributed by atoms with Gasteiger partial charge in [-0.15, -0.1) is 0 Å². The van der Waals surface area contributed by atoms with E-state index < -0.39 is 11.4 Å². The van der Waals surface area contributed by atoms with E-state index in [4.69, 9.17) is 0 Å². The second kappa shape index (κ2) is 4.43. The van der Waals surface area contributed by atoms with Crippen LogP contribution in [0, 0.1) is 0 Å². The lowest BCUT2D eigenvalue weighted by Gasteiger charge is -2.09. The highest BCUT2D eigenvalue weighted by atomic mass is 79.9. The van der Waals surface area contributed by atoms with Crippen LogP contribution in [-0.2, 0) is 10.2 Å². The minimum Gasteiger partial charge on any atom is -0.478 e. The molecule has 2 aliphatic rings. The second-order valence-electron chi connectivity index (χ2n) is 5.80. The molecule has 0 radical (unpaired) electrons. The quantitative estimate of drug-likeness (QED) is 0.863. The van der Waals surface area contributed by atoms with Gasteiger partial charge in [-0.1, -0.05) is 28.1 Å². The maximum absolute atomic E-state index is 12.5. The van der Waals surface area contributed by atoms with Crippen molar-refractivity contribution in [2.45, 2.75) is 17.8 Å². The summed E-state index contributed by atoms with van der Waals surface area (Å²) in [7, 11) is 0. The van der Waals surface area contributed by atoms with E-state index in [1.165, 1.54) is 6.07 Å². The van der Waals surface area contributed by atoms with E-state index in [-0.39, 0.29) is 17.4 Å². The summed E-state index contributed by atoms with van der Waals surface area (Å²) in [5, 5.41) is 12.1. The van der Waals surface area contributed by atoms with Crippen molar-refractivity contribution in [1.29, 1.82) is 0 Å². The first-order valence-corrected chi connectivity index (χ1v) is 7.76. The summed E-state index contributed by atoms with van der Waals surface area (Å²) in [5.74, 6) is -0.901. The summed E-state index contributed by atoms with van der Waals surface area (Å²) in [6, 6.07) is 12.8. The molecule has 0 bridgehead atoms. The number of amides is 1. The van der Waals surface area contributed by atoms with Crippen LogP contribution >= 0.6 is 15.9 Å². The number of nitrogens with one attached hydrogen (secondary N) is 1. The van der Waals surface area contributed by atoms with Gasteiger partial charge in [-0.3, -0.25) is 4.79 Å². The van der Waals surface area contributed by atoms with E-state index >= 15 is 0 Å². The molecule has 2 aromatic carbocycles. The van der Waals surface area contributed by atoms with Crippen LogP contribution in [0.3, 0.4) is 0 Å². The van der Waals surface area contributed by atoms with E-state index in [9.17, 15) is 14.7 Å². The first-order chi connectivity index (χ1) is 10.5. The molecule has 2 unspecified atom stereocenters. The highest BCUT2D eigenvalue weighted by molar-refractivity contribution is 9.10. The molecule has 5 heteroatoms. The van der Waals surface area contributed by atoms with Gasteiger partial charge in [0, 0.05) is 16.1 Å². The normalized spacial score (nSPS) is 25.0. The van der Waals surface area contributed by atoms with Crippen molar-refractivity contribution in [3.63, 3.8) is 0 Å². The third kappa shape index (κ3) is 1.75. The summed E-state index contributed by atoms with van der Waals surface area (Å²) in [5.41, 5.74) is 2.26. The molecule has 1 spiro atoms. The Labute approximate surface area is 135 Å². The fraction of sp³-hybridized carbons (Fsp3) is 0.176. The number of carbonyl (C=O) groups excluding carboxylic acids is 1. The van der Waals surface area contributed by atoms with Gasteiger partial charge in [0.15, 0.2) is 0 Å². The zero-order chi connectivity index (χ0) is 15.5. The lowest BCUT2D eigenvalue weighted by Crippen LogP contribution is -2.21. The number of carbonyl (C=O) groups is 2. The standard InChI is InChI=1S/C17H12BrNO3/c18-11-4-1-9(2-5-11)13-8-17(13)12-7-10(15(20)21)3-6-14(12)19-16(17)22/h1-7,13H,8H2,(H,19,22)(H,20,21). The molecular formula is C17H12BrNO3. The zero-order valence-corrected chi connectivity index (χ0v) is 13.1. The van der Waals surface area contributed by atoms with E-state index in [2.05, 4.69) is 21.2 Å². The van der Waals surface area contributed by atoms with E-state index in [1.54, 1.807) is 12.1 Å². The molecule has 0 saturated heterocycles. The van der Waals surface area contributed by atoms with Gasteiger partial charge in [-0.05, 0) is 47.9 Å². The number of halogens is 1. The lowest BCUT2D eigenvalue weighted by molar-refractivity contribution is -0.118. The van der Waals surface area contributed by atoms with Crippen LogP contribution in [0.4, 0.5) is 5.69 Å². The molecule has 22 heavy (non-hydrogen) atoms. The summed E-state index contributed by atoms with van der Waals surface area (Å²) >= 11 is 3.41. The maximum Gasteiger partial charge on any atom is 0.335 e. The molecule has 0 aromatic heterocycles. The van der Waals surface area contributed by atoms with Gasteiger partial charge in [0.1, 0.15) is 0 Å². The van der Waals surface area contributed by atoms with Crippen LogP contribution in [0.15, 0.2) is 46.9 Å². The predicted octanol–water partition coefficient (Wildman–Crippen LogP) is 3.52. The average Bonchev–Trinajstić information content (AvgIpc) is 3.18. The van der Waals surface area contributed by atoms with Gasteiger partial charge in [0.25, 0.3) is 0 Å². The van der Waals surface area contributed by atoms with Gasteiger partial charge < -0.3 is 10.4 Å². The zero-order valence-electron chi connectivity index (χ0n) is 11.5. The second-order valence-corrected chi connectivity index (χ2v) is 6.71. The summed E-state index contributed by atoms with van der Waals surface area (Å²) in [6.45, 7) is 0. The molecule has 2 atom stereocenters. The largest absolute Gasteiger partial charge is 0.478 e. The number of hydrogen-bond acceptors (Lipinski definition) is 2. The summed E-state index contributed by atoms with van der Waals surface area (Å²) < 4.78 is 0.996. The van der Waals surface area contributed by atoms with Crippen molar-refractivity contribution in [1.82, 2.24) is 0 Å². The average molecular weight is 358 g/mol. The molecule has 1 heterocycles. The highest BCUT2D eigenvalue weighted by Gasteiger charge is 2.65. The van der Waals surface area contributed by atoms with Crippen LogP contribution in [0.5, 0.6) is 0 Å². The Hall–Kier alpha value is -2.14. The molecule has 4 rings (SSSR count). The van der Waals surface area contributed by atoms with Crippen LogP contribution in [0.1, 0.15) is 33.8 Å². The van der Waals surface area contributed by atoms with Crippen LogP contribution in [0.25, 0.3) is 0 Å². The minimum absolute atomic E-state index is 0.0297. The highest BCUT2D eigenvalue weighted by Crippen LogP contribution is 2.65. The number of rotatable bonds is 2. The monoisotopic (exact) mass is 357 g/mol. The third-order valence-corrected chi connectivity index (χ3v) is 5.16. The Kier molecular flexibility index (Phi) is 2.72. The van der Waals surface area contributed by atoms with Crippen LogP contribution in [0.2, 0.25) is 0 Å². The molecule has 1 saturated carbocycles. The Morgan fingerprint density at radius 3 is 2.64 bits per heavy atom. The Bertz CT molecular complexity index is 815. The van der Waals surface area contributed by atoms with Crippen molar-refractivity contribution in [2.24, 2.45) is 0 Å². The summed E-state index contributed by atoms with van der Waals surface area (Å²) in [6.07, 6.45) is 0.719. The molecule has 1 fully saturated rings.